The van der Waals surface area contributed by atoms with Gasteiger partial charge in [-0.3, -0.25) is 19.2 Å². The lowest BCUT2D eigenvalue weighted by molar-refractivity contribution is -0.155. The number of nitrogens with one attached hydrogen (secondary N) is 1. The number of aliphatic hydroxyl groups excluding tert-OH is 1. The van der Waals surface area contributed by atoms with Crippen LogP contribution < -0.4 is 5.32 Å². The average molecular weight is 650 g/mol. The van der Waals surface area contributed by atoms with Crippen molar-refractivity contribution in [2.24, 2.45) is 23.2 Å². The maximum atomic E-state index is 15.0. The lowest BCUT2D eigenvalue weighted by atomic mass is 9.77. The molecule has 3 amide bonds. The summed E-state index contributed by atoms with van der Waals surface area (Å²) in [4.78, 5) is 60.1. The fraction of sp³-hybridized carbons (Fsp3) is 0.622. The van der Waals surface area contributed by atoms with Crippen LogP contribution >= 0.6 is 0 Å². The van der Waals surface area contributed by atoms with E-state index in [0.29, 0.717) is 19.4 Å². The molecule has 256 valence electrons. The number of hydrogen-bond acceptors (Lipinski definition) is 7. The number of rotatable bonds is 6. The fourth-order valence-corrected chi connectivity index (χ4v) is 8.29. The van der Waals surface area contributed by atoms with E-state index in [-0.39, 0.29) is 48.8 Å². The van der Waals surface area contributed by atoms with Gasteiger partial charge in [-0.2, -0.15) is 0 Å². The van der Waals surface area contributed by atoms with Crippen molar-refractivity contribution in [1.82, 2.24) is 15.1 Å². The van der Waals surface area contributed by atoms with Gasteiger partial charge in [0.2, 0.25) is 17.7 Å². The van der Waals surface area contributed by atoms with Gasteiger partial charge in [0.25, 0.3) is 0 Å². The van der Waals surface area contributed by atoms with Gasteiger partial charge in [0, 0.05) is 18.5 Å². The van der Waals surface area contributed by atoms with Crippen LogP contribution in [0.1, 0.15) is 79.3 Å². The Balaban J connectivity index is 1.63. The van der Waals surface area contributed by atoms with Gasteiger partial charge in [0.15, 0.2) is 0 Å². The van der Waals surface area contributed by atoms with Crippen LogP contribution in [0, 0.1) is 23.2 Å². The third-order valence-electron chi connectivity index (χ3n) is 10.0. The minimum Gasteiger partial charge on any atom is -0.463 e. The monoisotopic (exact) mass is 649 g/mol. The third-order valence-corrected chi connectivity index (χ3v) is 10.0. The Morgan fingerprint density at radius 3 is 2.36 bits per heavy atom. The topological polar surface area (TPSA) is 125 Å². The van der Waals surface area contributed by atoms with Crippen LogP contribution in [0.5, 0.6) is 0 Å². The Kier molecular flexibility index (Phi) is 9.77. The number of cyclic esters (lactones) is 1. The molecule has 10 heteroatoms. The summed E-state index contributed by atoms with van der Waals surface area (Å²) >= 11 is 0. The van der Waals surface area contributed by atoms with Gasteiger partial charge in [0.1, 0.15) is 18.2 Å². The summed E-state index contributed by atoms with van der Waals surface area (Å²) in [6.07, 6.45) is 7.64. The normalized spacial score (nSPS) is 31.6. The highest BCUT2D eigenvalue weighted by Crippen LogP contribution is 2.54. The highest BCUT2D eigenvalue weighted by molar-refractivity contribution is 6.00. The first-order chi connectivity index (χ1) is 22.1. The smallest absolute Gasteiger partial charge is 0.306 e. The number of amides is 3. The summed E-state index contributed by atoms with van der Waals surface area (Å²) in [5.41, 5.74) is -1.34. The van der Waals surface area contributed by atoms with Crippen molar-refractivity contribution in [3.05, 3.63) is 60.2 Å². The predicted octanol–water partition coefficient (Wildman–Crippen LogP) is 3.95. The molecule has 2 saturated heterocycles. The number of nitrogens with zero attached hydrogens (tertiary/aromatic N) is 2. The van der Waals surface area contributed by atoms with Crippen LogP contribution in [0.25, 0.3) is 0 Å². The molecule has 4 aliphatic rings. The van der Waals surface area contributed by atoms with E-state index in [0.717, 1.165) is 5.56 Å². The fourth-order valence-electron chi connectivity index (χ4n) is 8.29. The van der Waals surface area contributed by atoms with E-state index >= 15 is 0 Å². The number of ether oxygens (including phenoxy) is 2. The first-order valence-corrected chi connectivity index (χ1v) is 16.9. The van der Waals surface area contributed by atoms with Crippen LogP contribution in [-0.4, -0.2) is 87.7 Å². The van der Waals surface area contributed by atoms with Gasteiger partial charge < -0.3 is 29.7 Å². The van der Waals surface area contributed by atoms with Crippen LogP contribution in [-0.2, 0) is 28.7 Å². The van der Waals surface area contributed by atoms with E-state index in [4.69, 9.17) is 9.47 Å². The average Bonchev–Trinajstić information content (AvgIpc) is 3.36. The summed E-state index contributed by atoms with van der Waals surface area (Å²) in [6.45, 7) is 14.2. The summed E-state index contributed by atoms with van der Waals surface area (Å²) in [5, 5.41) is 13.7. The van der Waals surface area contributed by atoms with E-state index in [1.54, 1.807) is 12.2 Å². The number of allylic oxidation sites excluding steroid dienone is 1. The molecule has 0 bridgehead atoms. The minimum absolute atomic E-state index is 0.0643. The molecule has 2 fully saturated rings. The molecule has 5 rings (SSSR count). The van der Waals surface area contributed by atoms with Crippen molar-refractivity contribution in [1.29, 1.82) is 0 Å². The van der Waals surface area contributed by atoms with Gasteiger partial charge in [-0.25, -0.2) is 0 Å². The van der Waals surface area contributed by atoms with Crippen LogP contribution in [0.2, 0.25) is 0 Å². The third kappa shape index (κ3) is 6.64. The number of esters is 1. The van der Waals surface area contributed by atoms with Gasteiger partial charge in [-0.05, 0) is 43.6 Å². The van der Waals surface area contributed by atoms with Crippen molar-refractivity contribution in [3.8, 4) is 0 Å². The van der Waals surface area contributed by atoms with Crippen LogP contribution in [0.3, 0.4) is 0 Å². The van der Waals surface area contributed by atoms with E-state index in [9.17, 15) is 24.3 Å². The second-order valence-corrected chi connectivity index (χ2v) is 15.6. The molecule has 1 spiro atoms. The molecular weight excluding hydrogens is 598 g/mol. The molecule has 7 atom stereocenters. The number of carbonyl (C=O) groups is 4. The zero-order valence-corrected chi connectivity index (χ0v) is 28.8. The summed E-state index contributed by atoms with van der Waals surface area (Å²) in [7, 11) is 0. The predicted molar refractivity (Wildman–Crippen MR) is 177 cm³/mol. The van der Waals surface area contributed by atoms with Gasteiger partial charge in [0.05, 0.1) is 36.6 Å². The minimum atomic E-state index is -1.45. The molecule has 0 saturated carbocycles. The quantitative estimate of drug-likeness (QED) is 0.353. The molecule has 1 aromatic carbocycles. The molecule has 0 unspecified atom stereocenters. The lowest BCUT2D eigenvalue weighted by Gasteiger charge is -2.45. The maximum Gasteiger partial charge on any atom is 0.306 e. The van der Waals surface area contributed by atoms with Gasteiger partial charge >= 0.3 is 5.97 Å². The largest absolute Gasteiger partial charge is 0.463 e. The Bertz CT molecular complexity index is 1410. The lowest BCUT2D eigenvalue weighted by Crippen LogP contribution is -2.62. The number of aliphatic hydroxyl groups is 1. The molecule has 1 aromatic rings. The molecule has 2 N–H and O–H groups in total. The molecule has 47 heavy (non-hydrogen) atoms. The van der Waals surface area contributed by atoms with Crippen molar-refractivity contribution < 1.29 is 33.8 Å². The van der Waals surface area contributed by atoms with Crippen molar-refractivity contribution >= 4 is 23.7 Å². The first kappa shape index (κ1) is 34.8. The first-order valence-electron chi connectivity index (χ1n) is 16.9. The standard InChI is InChI=1S/C37H51N3O7/c1-23(2)26(20-41)40-31-34(45)39(36(6,7)22-35(3,4)5)19-13-18-37(31)30(33(40)44)29-27(47-37)16-11-12-17-28(42)46-21-25(38-32(29)43)24-14-9-8-10-15-24/h8-11,13-16,18,23,25-27,29-31,41H,12,17,19-22H2,1-7H3,(H,38,43)/b16-11-/t25-,26-,27+,29-,30-,31+,37-/m0/s1. The number of hydrogen-bond donors (Lipinski definition) is 2. The van der Waals surface area contributed by atoms with Crippen LogP contribution in [0.4, 0.5) is 0 Å². The Hall–Kier alpha value is -3.50. The number of likely N-dealkylation sites (tertiary alicyclic amines) is 1. The van der Waals surface area contributed by atoms with E-state index in [1.807, 2.05) is 75.1 Å². The summed E-state index contributed by atoms with van der Waals surface area (Å²) in [5.74, 6) is -3.64. The molecule has 4 aliphatic heterocycles. The second-order valence-electron chi connectivity index (χ2n) is 15.6. The van der Waals surface area contributed by atoms with E-state index in [2.05, 4.69) is 26.1 Å². The highest BCUT2D eigenvalue weighted by atomic mass is 16.5. The Morgan fingerprint density at radius 1 is 1.02 bits per heavy atom. The van der Waals surface area contributed by atoms with Crippen molar-refractivity contribution in [2.45, 2.75) is 103 Å². The molecule has 0 radical (unpaired) electrons. The molecule has 10 nitrogen and oxygen atoms in total. The van der Waals surface area contributed by atoms with E-state index < -0.39 is 53.1 Å². The SMILES string of the molecule is CC(C)[C@H](CO)N1C(=O)[C@@H]2[C@H]3C(=O)N[C@H](c4ccccc4)COC(=O)CC/C=C\[C@H]3O[C@@]23C=CCN(C(C)(C)CC(C)(C)C)C(=O)[C@@H]13. The summed E-state index contributed by atoms with van der Waals surface area (Å²) in [6, 6.07) is 6.84. The van der Waals surface area contributed by atoms with Gasteiger partial charge in [-0.1, -0.05) is 89.3 Å². The second kappa shape index (κ2) is 13.2. The van der Waals surface area contributed by atoms with Crippen molar-refractivity contribution in [2.75, 3.05) is 19.8 Å². The number of fused-ring (bicyclic) bond motifs is 2. The van der Waals surface area contributed by atoms with Crippen LogP contribution in [0.15, 0.2) is 54.6 Å². The summed E-state index contributed by atoms with van der Waals surface area (Å²) < 4.78 is 12.4. The molecule has 0 aliphatic carbocycles. The zero-order chi connectivity index (χ0) is 34.3. The maximum absolute atomic E-state index is 15.0. The zero-order valence-electron chi connectivity index (χ0n) is 28.8. The van der Waals surface area contributed by atoms with Crippen molar-refractivity contribution in [3.63, 3.8) is 0 Å². The number of benzene rings is 1. The van der Waals surface area contributed by atoms with E-state index in [1.165, 1.54) is 4.90 Å². The molecule has 4 heterocycles. The van der Waals surface area contributed by atoms with Gasteiger partial charge in [-0.15, -0.1) is 0 Å². The number of carbonyl (C=O) groups excluding carboxylic acids is 4. The Morgan fingerprint density at radius 2 is 1.72 bits per heavy atom. The highest BCUT2D eigenvalue weighted by Gasteiger charge is 2.72. The molecular formula is C37H51N3O7. The molecule has 0 aromatic heterocycles. The Labute approximate surface area is 278 Å².